The summed E-state index contributed by atoms with van der Waals surface area (Å²) in [5.74, 6) is -0.0156. The molecule has 3 saturated heterocycles. The summed E-state index contributed by atoms with van der Waals surface area (Å²) in [6.45, 7) is 5.08. The Bertz CT molecular complexity index is 444. The van der Waals surface area contributed by atoms with Crippen molar-refractivity contribution in [1.82, 2.24) is 0 Å². The highest BCUT2D eigenvalue weighted by molar-refractivity contribution is 5.67. The second-order valence-corrected chi connectivity index (χ2v) is 6.27. The van der Waals surface area contributed by atoms with Gasteiger partial charge >= 0.3 is 0 Å². The number of benzene rings is 1. The summed E-state index contributed by atoms with van der Waals surface area (Å²) in [5, 5.41) is 10.6. The molecule has 2 bridgehead atoms. The third-order valence-electron chi connectivity index (χ3n) is 4.92. The maximum absolute atomic E-state index is 10.6. The van der Waals surface area contributed by atoms with Crippen LogP contribution >= 0.6 is 0 Å². The molecule has 0 N–H and O–H groups in total. The van der Waals surface area contributed by atoms with E-state index in [0.717, 1.165) is 18.0 Å². The SMILES string of the molecule is O=C([O-])Cc1ccc(C[N+]23CCC(CC2)CC3)cc1. The van der Waals surface area contributed by atoms with E-state index < -0.39 is 5.97 Å². The largest absolute Gasteiger partial charge is 0.550 e. The Morgan fingerprint density at radius 3 is 2.11 bits per heavy atom. The molecule has 0 saturated carbocycles. The molecule has 19 heavy (non-hydrogen) atoms. The van der Waals surface area contributed by atoms with Crippen molar-refractivity contribution in [2.75, 3.05) is 19.6 Å². The van der Waals surface area contributed by atoms with Crippen molar-refractivity contribution in [2.24, 2.45) is 5.92 Å². The van der Waals surface area contributed by atoms with Crippen molar-refractivity contribution in [3.63, 3.8) is 0 Å². The molecule has 3 nitrogen and oxygen atoms in total. The number of quaternary nitrogens is 1. The molecule has 0 unspecified atom stereocenters. The molecule has 102 valence electrons. The molecule has 0 radical (unpaired) electrons. The average Bonchev–Trinajstić information content (AvgIpc) is 2.42. The summed E-state index contributed by atoms with van der Waals surface area (Å²) in [6, 6.07) is 8.04. The van der Waals surface area contributed by atoms with Crippen molar-refractivity contribution < 1.29 is 14.4 Å². The first-order valence-electron chi connectivity index (χ1n) is 7.28. The van der Waals surface area contributed by atoms with Gasteiger partial charge in [0, 0.05) is 18.0 Å². The van der Waals surface area contributed by atoms with Crippen molar-refractivity contribution in [3.8, 4) is 0 Å². The van der Waals surface area contributed by atoms with Crippen molar-refractivity contribution in [2.45, 2.75) is 32.2 Å². The van der Waals surface area contributed by atoms with Crippen LogP contribution in [0.4, 0.5) is 0 Å². The predicted octanol–water partition coefficient (Wildman–Crippen LogP) is 1.11. The molecule has 0 aromatic heterocycles. The highest BCUT2D eigenvalue weighted by Crippen LogP contribution is 2.35. The van der Waals surface area contributed by atoms with E-state index in [9.17, 15) is 9.90 Å². The van der Waals surface area contributed by atoms with Crippen molar-refractivity contribution >= 4 is 5.97 Å². The number of aliphatic carboxylic acids is 1. The maximum Gasteiger partial charge on any atom is 0.104 e. The Hall–Kier alpha value is -1.35. The summed E-state index contributed by atoms with van der Waals surface area (Å²) in [4.78, 5) is 10.6. The van der Waals surface area contributed by atoms with E-state index in [1.807, 2.05) is 12.1 Å². The number of carboxylic acids is 1. The molecule has 3 fully saturated rings. The first kappa shape index (κ1) is 12.7. The predicted molar refractivity (Wildman–Crippen MR) is 71.1 cm³/mol. The van der Waals surface area contributed by atoms with Crippen LogP contribution in [0.25, 0.3) is 0 Å². The number of nitrogens with zero attached hydrogens (tertiary/aromatic N) is 1. The number of hydrogen-bond donors (Lipinski definition) is 0. The molecule has 3 heterocycles. The number of rotatable bonds is 4. The second kappa shape index (κ2) is 4.97. The molecule has 0 aliphatic carbocycles. The zero-order chi connectivity index (χ0) is 13.3. The number of hydrogen-bond acceptors (Lipinski definition) is 2. The topological polar surface area (TPSA) is 40.1 Å². The zero-order valence-electron chi connectivity index (χ0n) is 11.3. The van der Waals surface area contributed by atoms with Crippen LogP contribution in [0.5, 0.6) is 0 Å². The molecule has 0 amide bonds. The molecule has 4 rings (SSSR count). The van der Waals surface area contributed by atoms with Crippen LogP contribution in [0.15, 0.2) is 24.3 Å². The number of fused-ring (bicyclic) bond motifs is 3. The Labute approximate surface area is 114 Å². The fraction of sp³-hybridized carbons (Fsp3) is 0.562. The summed E-state index contributed by atoms with van der Waals surface area (Å²) in [6.07, 6.45) is 4.19. The van der Waals surface area contributed by atoms with E-state index in [1.165, 1.54) is 48.9 Å². The minimum absolute atomic E-state index is 0.0158. The van der Waals surface area contributed by atoms with E-state index in [2.05, 4.69) is 12.1 Å². The number of carbonyl (C=O) groups excluding carboxylic acids is 1. The molecule has 1 aromatic rings. The van der Waals surface area contributed by atoms with Gasteiger partial charge in [-0.15, -0.1) is 0 Å². The molecule has 1 aromatic carbocycles. The van der Waals surface area contributed by atoms with E-state index in [-0.39, 0.29) is 6.42 Å². The first-order chi connectivity index (χ1) is 9.15. The molecule has 3 aliphatic heterocycles. The van der Waals surface area contributed by atoms with E-state index >= 15 is 0 Å². The van der Waals surface area contributed by atoms with Gasteiger partial charge in [0.15, 0.2) is 0 Å². The lowest BCUT2D eigenvalue weighted by molar-refractivity contribution is -0.955. The highest BCUT2D eigenvalue weighted by Gasteiger charge is 2.39. The monoisotopic (exact) mass is 259 g/mol. The third kappa shape index (κ3) is 2.81. The van der Waals surface area contributed by atoms with Crippen LogP contribution < -0.4 is 5.11 Å². The normalized spacial score (nSPS) is 29.4. The lowest BCUT2D eigenvalue weighted by atomic mass is 9.85. The molecule has 3 aliphatic rings. The van der Waals surface area contributed by atoms with Gasteiger partial charge in [0.1, 0.15) is 6.54 Å². The lowest BCUT2D eigenvalue weighted by Crippen LogP contribution is -2.57. The Balaban J connectivity index is 1.67. The fourth-order valence-corrected chi connectivity index (χ4v) is 3.69. The Kier molecular flexibility index (Phi) is 3.31. The standard InChI is InChI=1S/C16H21NO2/c18-16(19)11-14-1-3-15(4-2-14)12-17-8-5-13(6-9-17)7-10-17/h1-4,13H,5-12H2. The summed E-state index contributed by atoms with van der Waals surface area (Å²) >= 11 is 0. The van der Waals surface area contributed by atoms with Gasteiger partial charge in [0.05, 0.1) is 19.6 Å². The minimum Gasteiger partial charge on any atom is -0.550 e. The number of carbonyl (C=O) groups is 1. The number of carboxylic acid groups (broad SMARTS) is 1. The Morgan fingerprint density at radius 1 is 1.05 bits per heavy atom. The van der Waals surface area contributed by atoms with Crippen molar-refractivity contribution in [3.05, 3.63) is 35.4 Å². The lowest BCUT2D eigenvalue weighted by Gasteiger charge is -2.49. The van der Waals surface area contributed by atoms with Gasteiger partial charge in [0.2, 0.25) is 0 Å². The molecular formula is C16H21NO2. The summed E-state index contributed by atoms with van der Waals surface area (Å²) in [7, 11) is 0. The van der Waals surface area contributed by atoms with Gasteiger partial charge in [-0.3, -0.25) is 0 Å². The van der Waals surface area contributed by atoms with Crippen LogP contribution in [-0.2, 0) is 17.8 Å². The fourth-order valence-electron chi connectivity index (χ4n) is 3.69. The Morgan fingerprint density at radius 2 is 1.58 bits per heavy atom. The smallest absolute Gasteiger partial charge is 0.104 e. The van der Waals surface area contributed by atoms with Crippen LogP contribution in [0.3, 0.4) is 0 Å². The number of piperidine rings is 3. The minimum atomic E-state index is -1.01. The van der Waals surface area contributed by atoms with Crippen molar-refractivity contribution in [1.29, 1.82) is 0 Å². The van der Waals surface area contributed by atoms with Gasteiger partial charge in [-0.05, 0) is 30.7 Å². The molecular weight excluding hydrogens is 238 g/mol. The molecule has 3 heteroatoms. The first-order valence-corrected chi connectivity index (χ1v) is 7.28. The van der Waals surface area contributed by atoms with Crippen LogP contribution in [-0.4, -0.2) is 30.1 Å². The van der Waals surface area contributed by atoms with Crippen LogP contribution in [0.1, 0.15) is 30.4 Å². The summed E-state index contributed by atoms with van der Waals surface area (Å²) in [5.41, 5.74) is 2.17. The third-order valence-corrected chi connectivity index (χ3v) is 4.92. The van der Waals surface area contributed by atoms with E-state index in [4.69, 9.17) is 0 Å². The van der Waals surface area contributed by atoms with Gasteiger partial charge in [0.25, 0.3) is 0 Å². The van der Waals surface area contributed by atoms with Crippen LogP contribution in [0.2, 0.25) is 0 Å². The average molecular weight is 259 g/mol. The maximum atomic E-state index is 10.6. The van der Waals surface area contributed by atoms with E-state index in [0.29, 0.717) is 0 Å². The van der Waals surface area contributed by atoms with Gasteiger partial charge in [-0.1, -0.05) is 24.3 Å². The zero-order valence-corrected chi connectivity index (χ0v) is 11.3. The quantitative estimate of drug-likeness (QED) is 0.760. The van der Waals surface area contributed by atoms with E-state index in [1.54, 1.807) is 0 Å². The van der Waals surface area contributed by atoms with Gasteiger partial charge in [-0.25, -0.2) is 0 Å². The van der Waals surface area contributed by atoms with Crippen LogP contribution in [0, 0.1) is 5.92 Å². The molecule has 0 atom stereocenters. The molecule has 0 spiro atoms. The summed E-state index contributed by atoms with van der Waals surface area (Å²) < 4.78 is 1.25. The second-order valence-electron chi connectivity index (χ2n) is 6.27. The van der Waals surface area contributed by atoms with Gasteiger partial charge in [-0.2, -0.15) is 0 Å². The highest BCUT2D eigenvalue weighted by atomic mass is 16.4. The van der Waals surface area contributed by atoms with Gasteiger partial charge < -0.3 is 14.4 Å².